The van der Waals surface area contributed by atoms with E-state index in [1.54, 1.807) is 48.5 Å². The van der Waals surface area contributed by atoms with E-state index in [0.717, 1.165) is 4.90 Å². The van der Waals surface area contributed by atoms with Crippen LogP contribution in [0.4, 0.5) is 17.1 Å². The van der Waals surface area contributed by atoms with Crippen molar-refractivity contribution in [3.63, 3.8) is 0 Å². The Kier molecular flexibility index (Phi) is 5.02. The first-order valence-corrected chi connectivity index (χ1v) is 10.3. The van der Waals surface area contributed by atoms with Crippen LogP contribution >= 0.6 is 0 Å². The number of ether oxygens (including phenoxy) is 1. The molecule has 2 amide bonds. The number of benzene rings is 3. The predicted molar refractivity (Wildman–Crippen MR) is 119 cm³/mol. The summed E-state index contributed by atoms with van der Waals surface area (Å²) < 4.78 is 5.15. The third-order valence-electron chi connectivity index (χ3n) is 5.88. The highest BCUT2D eigenvalue weighted by Gasteiger charge is 2.60. The van der Waals surface area contributed by atoms with Crippen molar-refractivity contribution in [3.05, 3.63) is 94.5 Å². The fraction of sp³-hybridized carbons (Fsp3) is 0.167. The number of fused-ring (bicyclic) bond motifs is 1. The Morgan fingerprint density at radius 3 is 2.30 bits per heavy atom. The molecule has 9 heteroatoms. The zero-order valence-electron chi connectivity index (χ0n) is 17.5. The number of nitro groups is 1. The number of imide groups is 1. The number of carbonyl (C=O) groups excluding carboxylic acids is 2. The van der Waals surface area contributed by atoms with Crippen LogP contribution in [0.5, 0.6) is 5.75 Å². The minimum Gasteiger partial charge on any atom is -0.497 e. The molecule has 0 aliphatic carbocycles. The SMILES string of the molecule is COc1ccc(N2C(=O)[C@H]3[C@@H](ON(c4ccccc4)[C@H]3c3cccc([N+](=O)[O-])c3)C2=O)cc1. The van der Waals surface area contributed by atoms with E-state index in [9.17, 15) is 19.7 Å². The van der Waals surface area contributed by atoms with Crippen LogP contribution in [0.2, 0.25) is 0 Å². The van der Waals surface area contributed by atoms with E-state index in [0.29, 0.717) is 22.7 Å². The first-order chi connectivity index (χ1) is 16.0. The first-order valence-electron chi connectivity index (χ1n) is 10.3. The number of methoxy groups -OCH3 is 1. The van der Waals surface area contributed by atoms with Crippen LogP contribution in [0.1, 0.15) is 11.6 Å². The Morgan fingerprint density at radius 2 is 1.64 bits per heavy atom. The fourth-order valence-electron chi connectivity index (χ4n) is 4.36. The molecule has 5 rings (SSSR count). The lowest BCUT2D eigenvalue weighted by Crippen LogP contribution is -2.37. The van der Waals surface area contributed by atoms with E-state index in [-0.39, 0.29) is 5.69 Å². The smallest absolute Gasteiger partial charge is 0.269 e. The number of anilines is 2. The quantitative estimate of drug-likeness (QED) is 0.336. The molecule has 0 unspecified atom stereocenters. The van der Waals surface area contributed by atoms with Gasteiger partial charge in [-0.1, -0.05) is 30.3 Å². The number of hydrogen-bond donors (Lipinski definition) is 0. The van der Waals surface area contributed by atoms with Gasteiger partial charge < -0.3 is 4.74 Å². The summed E-state index contributed by atoms with van der Waals surface area (Å²) in [5, 5.41) is 12.9. The van der Waals surface area contributed by atoms with Crippen LogP contribution in [0, 0.1) is 16.0 Å². The van der Waals surface area contributed by atoms with E-state index in [4.69, 9.17) is 9.57 Å². The lowest BCUT2D eigenvalue weighted by Gasteiger charge is -2.28. The van der Waals surface area contributed by atoms with Gasteiger partial charge in [0.15, 0.2) is 6.10 Å². The maximum atomic E-state index is 13.6. The van der Waals surface area contributed by atoms with Gasteiger partial charge in [-0.3, -0.25) is 24.5 Å². The molecule has 9 nitrogen and oxygen atoms in total. The van der Waals surface area contributed by atoms with E-state index in [2.05, 4.69) is 0 Å². The zero-order chi connectivity index (χ0) is 23.1. The second kappa shape index (κ2) is 8.03. The van der Waals surface area contributed by atoms with Crippen LogP contribution in [0.25, 0.3) is 0 Å². The average molecular weight is 445 g/mol. The van der Waals surface area contributed by atoms with E-state index >= 15 is 0 Å². The molecule has 3 aromatic rings. The molecule has 2 saturated heterocycles. The topological polar surface area (TPSA) is 102 Å². The minimum atomic E-state index is -1.05. The monoisotopic (exact) mass is 445 g/mol. The Balaban J connectivity index is 1.58. The van der Waals surface area contributed by atoms with Crippen LogP contribution < -0.4 is 14.7 Å². The zero-order valence-corrected chi connectivity index (χ0v) is 17.5. The summed E-state index contributed by atoms with van der Waals surface area (Å²) in [7, 11) is 1.53. The van der Waals surface area contributed by atoms with Crippen molar-refractivity contribution in [2.24, 2.45) is 5.92 Å². The van der Waals surface area contributed by atoms with Crippen LogP contribution in [-0.2, 0) is 14.4 Å². The molecule has 2 aliphatic heterocycles. The first kappa shape index (κ1) is 20.7. The van der Waals surface area contributed by atoms with E-state index < -0.39 is 34.8 Å². The number of hydroxylamine groups is 1. The molecule has 2 heterocycles. The van der Waals surface area contributed by atoms with Gasteiger partial charge in [0.05, 0.1) is 29.4 Å². The Morgan fingerprint density at radius 1 is 0.909 bits per heavy atom. The molecule has 2 aliphatic rings. The molecule has 0 saturated carbocycles. The van der Waals surface area contributed by atoms with Crippen molar-refractivity contribution in [1.29, 1.82) is 0 Å². The molecule has 0 radical (unpaired) electrons. The number of carbonyl (C=O) groups is 2. The summed E-state index contributed by atoms with van der Waals surface area (Å²) in [4.78, 5) is 44.9. The lowest BCUT2D eigenvalue weighted by atomic mass is 9.90. The van der Waals surface area contributed by atoms with Gasteiger partial charge in [-0.05, 0) is 42.0 Å². The third-order valence-corrected chi connectivity index (χ3v) is 5.88. The molecule has 2 fully saturated rings. The fourth-order valence-corrected chi connectivity index (χ4v) is 4.36. The average Bonchev–Trinajstić information content (AvgIpc) is 3.36. The van der Waals surface area contributed by atoms with Crippen molar-refractivity contribution in [2.75, 3.05) is 17.1 Å². The number of amides is 2. The van der Waals surface area contributed by atoms with Crippen molar-refractivity contribution in [3.8, 4) is 5.75 Å². The second-order valence-corrected chi connectivity index (χ2v) is 7.72. The van der Waals surface area contributed by atoms with Crippen LogP contribution in [0.15, 0.2) is 78.9 Å². The molecule has 0 N–H and O–H groups in total. The summed E-state index contributed by atoms with van der Waals surface area (Å²) in [5.41, 5.74) is 1.46. The second-order valence-electron chi connectivity index (χ2n) is 7.72. The van der Waals surface area contributed by atoms with Gasteiger partial charge in [-0.2, -0.15) is 0 Å². The van der Waals surface area contributed by atoms with Gasteiger partial charge in [-0.25, -0.2) is 9.96 Å². The molecular formula is C24H19N3O6. The number of para-hydroxylation sites is 1. The van der Waals surface area contributed by atoms with Crippen LogP contribution in [-0.4, -0.2) is 30.0 Å². The number of nitro benzene ring substituents is 1. The molecule has 3 aromatic carbocycles. The maximum Gasteiger partial charge on any atom is 0.269 e. The number of non-ortho nitro benzene ring substituents is 1. The Bertz CT molecular complexity index is 1230. The molecule has 0 spiro atoms. The largest absolute Gasteiger partial charge is 0.497 e. The molecule has 0 aromatic heterocycles. The number of rotatable bonds is 5. The summed E-state index contributed by atoms with van der Waals surface area (Å²) in [6.45, 7) is 0. The molecule has 0 bridgehead atoms. The third kappa shape index (κ3) is 3.39. The summed E-state index contributed by atoms with van der Waals surface area (Å²) >= 11 is 0. The van der Waals surface area contributed by atoms with Gasteiger partial charge in [0, 0.05) is 12.1 Å². The van der Waals surface area contributed by atoms with Crippen molar-refractivity contribution < 1.29 is 24.1 Å². The highest BCUT2D eigenvalue weighted by atomic mass is 16.7. The number of nitrogens with zero attached hydrogens (tertiary/aromatic N) is 3. The van der Waals surface area contributed by atoms with Crippen molar-refractivity contribution in [2.45, 2.75) is 12.1 Å². The van der Waals surface area contributed by atoms with Gasteiger partial charge >= 0.3 is 0 Å². The normalized spacial score (nSPS) is 21.9. The Hall–Kier alpha value is -4.24. The van der Waals surface area contributed by atoms with Crippen LogP contribution in [0.3, 0.4) is 0 Å². The van der Waals surface area contributed by atoms with Gasteiger partial charge in [0.25, 0.3) is 11.6 Å². The molecule has 3 atom stereocenters. The van der Waals surface area contributed by atoms with Gasteiger partial charge in [0.2, 0.25) is 5.91 Å². The molecular weight excluding hydrogens is 426 g/mol. The van der Waals surface area contributed by atoms with E-state index in [1.807, 2.05) is 18.2 Å². The highest BCUT2D eigenvalue weighted by molar-refractivity contribution is 6.23. The molecule has 166 valence electrons. The van der Waals surface area contributed by atoms with E-state index in [1.165, 1.54) is 24.3 Å². The number of hydrogen-bond acceptors (Lipinski definition) is 7. The lowest BCUT2D eigenvalue weighted by molar-refractivity contribution is -0.384. The minimum absolute atomic E-state index is 0.104. The summed E-state index contributed by atoms with van der Waals surface area (Å²) in [5.74, 6) is -1.19. The maximum absolute atomic E-state index is 13.6. The summed E-state index contributed by atoms with van der Waals surface area (Å²) in [6.07, 6.45) is -1.05. The van der Waals surface area contributed by atoms with Crippen molar-refractivity contribution >= 4 is 28.9 Å². The summed E-state index contributed by atoms with van der Waals surface area (Å²) in [6, 6.07) is 21.0. The molecule has 33 heavy (non-hydrogen) atoms. The Labute approximate surface area is 188 Å². The van der Waals surface area contributed by atoms with Gasteiger partial charge in [-0.15, -0.1) is 0 Å². The van der Waals surface area contributed by atoms with Crippen molar-refractivity contribution in [1.82, 2.24) is 0 Å². The standard InChI is InChI=1S/C24H19N3O6/c1-32-19-12-10-16(11-13-19)25-23(28)20-21(15-6-5-9-18(14-15)27(30)31)26(33-22(20)24(25)29)17-7-3-2-4-8-17/h2-14,20-22H,1H3/t20-,21+,22-/m1/s1. The van der Waals surface area contributed by atoms with Gasteiger partial charge in [0.1, 0.15) is 11.7 Å². The highest BCUT2D eigenvalue weighted by Crippen LogP contribution is 2.48. The predicted octanol–water partition coefficient (Wildman–Crippen LogP) is 3.65.